The predicted molar refractivity (Wildman–Crippen MR) is 182 cm³/mol. The second kappa shape index (κ2) is 10.9. The van der Waals surface area contributed by atoms with E-state index >= 15 is 0 Å². The fraction of sp³-hybridized carbons (Fsp3) is 0.333. The van der Waals surface area contributed by atoms with Gasteiger partial charge in [-0.3, -0.25) is 0 Å². The van der Waals surface area contributed by atoms with Gasteiger partial charge in [-0.05, 0) is 73.1 Å². The highest BCUT2D eigenvalue weighted by molar-refractivity contribution is 5.99. The Morgan fingerprint density at radius 2 is 0.894 bits per heavy atom. The van der Waals surface area contributed by atoms with Crippen molar-refractivity contribution in [1.82, 2.24) is 9.13 Å². The molecule has 2 nitrogen and oxygen atoms in total. The van der Waals surface area contributed by atoms with Crippen LogP contribution in [-0.2, 0) is 16.4 Å². The van der Waals surface area contributed by atoms with Crippen molar-refractivity contribution in [3.8, 4) is 5.69 Å². The third-order valence-corrected chi connectivity index (χ3v) is 10.3. The summed E-state index contributed by atoms with van der Waals surface area (Å²) in [4.78, 5) is 0. The van der Waals surface area contributed by atoms with Gasteiger partial charge in [0.25, 0.3) is 0 Å². The number of benzene rings is 3. The van der Waals surface area contributed by atoms with Gasteiger partial charge in [-0.15, -0.1) is 0 Å². The highest BCUT2D eigenvalue weighted by Gasteiger charge is 2.72. The first-order chi connectivity index (χ1) is 21.7. The number of nitrogens with zero attached hydrogens (tertiary/aromatic N) is 2. The van der Waals surface area contributed by atoms with Crippen LogP contribution in [0.25, 0.3) is 53.5 Å². The molecule has 0 amide bonds. The SMILES string of the molecule is C=c1c2cc3c(=C)n(C(C)(C)CC)c(=C)c3cc2c(=C)n1-c1ccc(C(c2ccc(C(C)(C)CC)cc2)(C(F)(F)F)C(F)(F)F)cc1. The van der Waals surface area contributed by atoms with E-state index in [1.165, 1.54) is 24.3 Å². The first kappa shape index (κ1) is 34.1. The minimum Gasteiger partial charge on any atom is -0.336 e. The third-order valence-electron chi connectivity index (χ3n) is 10.3. The fourth-order valence-corrected chi connectivity index (χ4v) is 6.78. The summed E-state index contributed by atoms with van der Waals surface area (Å²) in [5.41, 5.74) is -5.71. The van der Waals surface area contributed by atoms with Crippen molar-refractivity contribution in [3.63, 3.8) is 0 Å². The van der Waals surface area contributed by atoms with E-state index in [2.05, 4.69) is 51.7 Å². The number of aromatic nitrogens is 2. The molecule has 0 bridgehead atoms. The van der Waals surface area contributed by atoms with Crippen LogP contribution in [0, 0.1) is 0 Å². The summed E-state index contributed by atoms with van der Waals surface area (Å²) in [7, 11) is 0. The molecule has 5 aromatic rings. The topological polar surface area (TPSA) is 9.86 Å². The molecular formula is C39H40F6N2. The van der Waals surface area contributed by atoms with Gasteiger partial charge in [0.15, 0.2) is 0 Å². The molecule has 5 rings (SSSR count). The van der Waals surface area contributed by atoms with E-state index in [-0.39, 0.29) is 5.54 Å². The molecule has 0 unspecified atom stereocenters. The van der Waals surface area contributed by atoms with Crippen molar-refractivity contribution in [1.29, 1.82) is 0 Å². The molecular weight excluding hydrogens is 610 g/mol. The van der Waals surface area contributed by atoms with Gasteiger partial charge >= 0.3 is 12.4 Å². The molecule has 3 aromatic carbocycles. The largest absolute Gasteiger partial charge is 0.411 e. The van der Waals surface area contributed by atoms with E-state index < -0.39 is 34.3 Å². The molecule has 248 valence electrons. The van der Waals surface area contributed by atoms with E-state index in [0.717, 1.165) is 62.9 Å². The summed E-state index contributed by atoms with van der Waals surface area (Å²) in [6.07, 6.45) is -9.85. The quantitative estimate of drug-likeness (QED) is 0.157. The zero-order valence-electron chi connectivity index (χ0n) is 27.7. The van der Waals surface area contributed by atoms with Gasteiger partial charge in [0.05, 0.1) is 0 Å². The molecule has 0 radical (unpaired) electrons. The molecule has 0 aliphatic carbocycles. The van der Waals surface area contributed by atoms with Crippen molar-refractivity contribution < 1.29 is 26.3 Å². The third kappa shape index (κ3) is 4.94. The van der Waals surface area contributed by atoms with Crippen LogP contribution in [0.3, 0.4) is 0 Å². The molecule has 0 aliphatic heterocycles. The summed E-state index contributed by atoms with van der Waals surface area (Å²) in [5, 5.41) is 5.85. The molecule has 0 fully saturated rings. The molecule has 8 heteroatoms. The summed E-state index contributed by atoms with van der Waals surface area (Å²) in [5.74, 6) is 0. The van der Waals surface area contributed by atoms with Crippen molar-refractivity contribution in [2.24, 2.45) is 0 Å². The lowest BCUT2D eigenvalue weighted by atomic mass is 9.72. The molecule has 0 atom stereocenters. The maximum absolute atomic E-state index is 14.9. The average molecular weight is 651 g/mol. The van der Waals surface area contributed by atoms with E-state index in [9.17, 15) is 26.3 Å². The Morgan fingerprint density at radius 1 is 0.532 bits per heavy atom. The van der Waals surface area contributed by atoms with Crippen LogP contribution in [0.5, 0.6) is 0 Å². The van der Waals surface area contributed by atoms with E-state index in [0.29, 0.717) is 28.4 Å². The number of fused-ring (bicyclic) bond motifs is 2. The van der Waals surface area contributed by atoms with Gasteiger partial charge in [0, 0.05) is 54.2 Å². The number of hydrogen-bond acceptors (Lipinski definition) is 0. The zero-order chi connectivity index (χ0) is 35.1. The molecule has 47 heavy (non-hydrogen) atoms. The average Bonchev–Trinajstić information content (AvgIpc) is 3.39. The van der Waals surface area contributed by atoms with Gasteiger partial charge in [-0.2, -0.15) is 26.3 Å². The molecule has 0 aliphatic rings. The zero-order valence-corrected chi connectivity index (χ0v) is 27.7. The summed E-state index contributed by atoms with van der Waals surface area (Å²) in [6, 6.07) is 12.8. The Hall–Kier alpha value is -4.20. The van der Waals surface area contributed by atoms with Crippen LogP contribution < -0.4 is 21.4 Å². The number of halogens is 6. The van der Waals surface area contributed by atoms with Crippen molar-refractivity contribution in [2.75, 3.05) is 0 Å². The van der Waals surface area contributed by atoms with Crippen LogP contribution in [0.2, 0.25) is 0 Å². The maximum Gasteiger partial charge on any atom is 0.411 e. The van der Waals surface area contributed by atoms with Crippen LogP contribution >= 0.6 is 0 Å². The molecule has 2 aromatic heterocycles. The van der Waals surface area contributed by atoms with Gasteiger partial charge < -0.3 is 9.13 Å². The Labute approximate surface area is 270 Å². The van der Waals surface area contributed by atoms with Crippen LogP contribution in [0.4, 0.5) is 26.3 Å². The molecule has 2 heterocycles. The van der Waals surface area contributed by atoms with Crippen LogP contribution in [0.1, 0.15) is 71.1 Å². The van der Waals surface area contributed by atoms with Gasteiger partial charge in [-0.25, -0.2) is 0 Å². The Bertz CT molecular complexity index is 2100. The normalized spacial score (nSPS) is 13.6. The van der Waals surface area contributed by atoms with E-state index in [1.807, 2.05) is 32.9 Å². The number of alkyl halides is 6. The number of hydrogen-bond donors (Lipinski definition) is 0. The minimum absolute atomic E-state index is 0.227. The number of rotatable bonds is 7. The van der Waals surface area contributed by atoms with Gasteiger partial charge in [0.2, 0.25) is 5.41 Å². The predicted octanol–water partition coefficient (Wildman–Crippen LogP) is 8.47. The first-order valence-corrected chi connectivity index (χ1v) is 15.6. The van der Waals surface area contributed by atoms with Crippen molar-refractivity contribution in [2.45, 2.75) is 83.1 Å². The Balaban J connectivity index is 1.70. The Kier molecular flexibility index (Phi) is 7.94. The smallest absolute Gasteiger partial charge is 0.336 e. The van der Waals surface area contributed by atoms with Gasteiger partial charge in [-0.1, -0.05) is 90.4 Å². The van der Waals surface area contributed by atoms with E-state index in [4.69, 9.17) is 0 Å². The molecule has 0 spiro atoms. The highest BCUT2D eigenvalue weighted by Crippen LogP contribution is 2.56. The lowest BCUT2D eigenvalue weighted by Crippen LogP contribution is -2.54. The van der Waals surface area contributed by atoms with Crippen molar-refractivity contribution in [3.05, 3.63) is 98.8 Å². The standard InChI is InChI=1S/C39H40F6N2/c1-11-35(7,8)27-13-15-28(16-14-27)37(38(40,41)42,39(43,44)45)29-17-19-30(20-18-29)46-23(3)31-21-33-25(5)47(36(9,10)12-2)26(6)34(33)22-32(31)24(46)4/h13-22H,3-6,11-12H2,1-2,7-10H3. The molecule has 0 saturated heterocycles. The molecule has 0 N–H and O–H groups in total. The second-order valence-electron chi connectivity index (χ2n) is 13.7. The highest BCUT2D eigenvalue weighted by atomic mass is 19.4. The minimum atomic E-state index is -5.68. The summed E-state index contributed by atoms with van der Waals surface area (Å²) in [6.45, 7) is 29.1. The second-order valence-corrected chi connectivity index (χ2v) is 13.7. The lowest BCUT2D eigenvalue weighted by molar-refractivity contribution is -0.288. The summed E-state index contributed by atoms with van der Waals surface area (Å²) < 4.78 is 93.0. The summed E-state index contributed by atoms with van der Waals surface area (Å²) >= 11 is 0. The van der Waals surface area contributed by atoms with E-state index in [1.54, 1.807) is 4.57 Å². The first-order valence-electron chi connectivity index (χ1n) is 15.6. The van der Waals surface area contributed by atoms with Crippen LogP contribution in [0.15, 0.2) is 60.7 Å². The van der Waals surface area contributed by atoms with Crippen molar-refractivity contribution >= 4 is 47.9 Å². The van der Waals surface area contributed by atoms with Gasteiger partial charge in [0.1, 0.15) is 0 Å². The molecule has 0 saturated carbocycles. The Morgan fingerprint density at radius 3 is 1.26 bits per heavy atom. The van der Waals surface area contributed by atoms with Crippen LogP contribution in [-0.4, -0.2) is 21.5 Å². The maximum atomic E-state index is 14.9. The monoisotopic (exact) mass is 650 g/mol. The fourth-order valence-electron chi connectivity index (χ4n) is 6.78. The lowest BCUT2D eigenvalue weighted by Gasteiger charge is -2.38.